The smallest absolute Gasteiger partial charge is 0.227 e. The predicted octanol–water partition coefficient (Wildman–Crippen LogP) is 5.19. The number of aromatic amines is 1. The Morgan fingerprint density at radius 2 is 1.83 bits per heavy atom. The van der Waals surface area contributed by atoms with Crippen LogP contribution in [0.1, 0.15) is 17.1 Å². The third-order valence-electron chi connectivity index (χ3n) is 5.90. The third kappa shape index (κ3) is 3.89. The van der Waals surface area contributed by atoms with Crippen LogP contribution < -0.4 is 10.2 Å². The topological polar surface area (TPSA) is 106 Å². The summed E-state index contributed by atoms with van der Waals surface area (Å²) in [7, 11) is 1.60. The van der Waals surface area contributed by atoms with Gasteiger partial charge in [-0.05, 0) is 63.2 Å². The van der Waals surface area contributed by atoms with Crippen LogP contribution in [0.15, 0.2) is 70.0 Å². The standard InChI is InChI=1S/C27H24N4O4/c1-15-13-20(17(3)31(15)22-7-5-6-12-28-22)27-29-23(18-8-10-19(34-4)11-9-18)24(30-27)26-25(33)21(32)14-16(2)35-26/h5-14,33H,1-4H3,(H,29,30). The zero-order valence-electron chi connectivity index (χ0n) is 19.8. The van der Waals surface area contributed by atoms with Gasteiger partial charge < -0.3 is 23.8 Å². The number of hydrogen-bond acceptors (Lipinski definition) is 6. The molecule has 0 saturated carbocycles. The number of nitrogens with one attached hydrogen (secondary N) is 1. The Morgan fingerprint density at radius 1 is 1.06 bits per heavy atom. The molecule has 0 saturated heterocycles. The number of nitrogens with zero attached hydrogens (tertiary/aromatic N) is 3. The molecule has 5 aromatic rings. The van der Waals surface area contributed by atoms with Gasteiger partial charge in [0.05, 0.1) is 7.11 Å². The molecule has 0 aliphatic heterocycles. The molecule has 0 fully saturated rings. The minimum atomic E-state index is -0.520. The monoisotopic (exact) mass is 468 g/mol. The average molecular weight is 469 g/mol. The van der Waals surface area contributed by atoms with Crippen LogP contribution in [0.2, 0.25) is 0 Å². The van der Waals surface area contributed by atoms with Crippen molar-refractivity contribution < 1.29 is 14.3 Å². The number of aryl methyl sites for hydroxylation is 2. The molecule has 35 heavy (non-hydrogen) atoms. The molecule has 0 radical (unpaired) electrons. The van der Waals surface area contributed by atoms with E-state index >= 15 is 0 Å². The van der Waals surface area contributed by atoms with Crippen LogP contribution in [0.5, 0.6) is 11.5 Å². The molecule has 2 N–H and O–H groups in total. The maximum atomic E-state index is 12.3. The van der Waals surface area contributed by atoms with E-state index in [4.69, 9.17) is 14.1 Å². The van der Waals surface area contributed by atoms with Gasteiger partial charge >= 0.3 is 0 Å². The normalized spacial score (nSPS) is 11.1. The summed E-state index contributed by atoms with van der Waals surface area (Å²) in [5.41, 5.74) is 3.99. The molecule has 0 aliphatic carbocycles. The van der Waals surface area contributed by atoms with E-state index in [1.165, 1.54) is 6.07 Å². The number of hydrogen-bond donors (Lipinski definition) is 2. The van der Waals surface area contributed by atoms with E-state index in [-0.39, 0.29) is 5.76 Å². The Bertz CT molecular complexity index is 1580. The highest BCUT2D eigenvalue weighted by molar-refractivity contribution is 5.82. The quantitative estimate of drug-likeness (QED) is 0.368. The average Bonchev–Trinajstić information content (AvgIpc) is 3.42. The maximum Gasteiger partial charge on any atom is 0.227 e. The van der Waals surface area contributed by atoms with Crippen molar-refractivity contribution in [2.24, 2.45) is 0 Å². The van der Waals surface area contributed by atoms with Gasteiger partial charge in [-0.3, -0.25) is 4.79 Å². The number of H-pyrrole nitrogens is 1. The van der Waals surface area contributed by atoms with Gasteiger partial charge in [-0.25, -0.2) is 9.97 Å². The Morgan fingerprint density at radius 3 is 2.51 bits per heavy atom. The van der Waals surface area contributed by atoms with Crippen molar-refractivity contribution in [3.8, 4) is 51.4 Å². The number of methoxy groups -OCH3 is 1. The molecule has 4 aromatic heterocycles. The Balaban J connectivity index is 1.73. The zero-order valence-corrected chi connectivity index (χ0v) is 19.8. The van der Waals surface area contributed by atoms with E-state index in [0.29, 0.717) is 28.7 Å². The van der Waals surface area contributed by atoms with Crippen molar-refractivity contribution in [3.05, 3.63) is 88.2 Å². The molecule has 8 nitrogen and oxygen atoms in total. The minimum Gasteiger partial charge on any atom is -0.501 e. The lowest BCUT2D eigenvalue weighted by molar-refractivity contribution is 0.415. The molecule has 0 amide bonds. The van der Waals surface area contributed by atoms with Crippen molar-refractivity contribution in [2.75, 3.05) is 7.11 Å². The molecule has 5 rings (SSSR count). The molecule has 1 aromatic carbocycles. The van der Waals surface area contributed by atoms with Crippen molar-refractivity contribution in [1.82, 2.24) is 19.5 Å². The lowest BCUT2D eigenvalue weighted by atomic mass is 10.1. The van der Waals surface area contributed by atoms with Gasteiger partial charge in [-0.15, -0.1) is 0 Å². The summed E-state index contributed by atoms with van der Waals surface area (Å²) < 4.78 is 13.1. The highest BCUT2D eigenvalue weighted by atomic mass is 16.5. The number of aromatic nitrogens is 4. The lowest BCUT2D eigenvalue weighted by Crippen LogP contribution is -2.01. The number of pyridine rings is 1. The number of imidazole rings is 1. The van der Waals surface area contributed by atoms with Gasteiger partial charge in [0.1, 0.15) is 34.5 Å². The summed E-state index contributed by atoms with van der Waals surface area (Å²) in [4.78, 5) is 25.0. The SMILES string of the molecule is COc1ccc(-c2nc(-c3cc(C)n(-c4ccccn4)c3C)[nH]c2-c2oc(C)cc(=O)c2O)cc1. The molecule has 0 bridgehead atoms. The highest BCUT2D eigenvalue weighted by Gasteiger charge is 2.24. The zero-order chi connectivity index (χ0) is 24.7. The lowest BCUT2D eigenvalue weighted by Gasteiger charge is -2.08. The summed E-state index contributed by atoms with van der Waals surface area (Å²) in [6.07, 6.45) is 1.75. The van der Waals surface area contributed by atoms with Crippen LogP contribution in [0.25, 0.3) is 39.9 Å². The van der Waals surface area contributed by atoms with E-state index in [1.807, 2.05) is 62.4 Å². The van der Waals surface area contributed by atoms with Crippen molar-refractivity contribution in [1.29, 1.82) is 0 Å². The van der Waals surface area contributed by atoms with E-state index in [1.54, 1.807) is 20.2 Å². The second-order valence-electron chi connectivity index (χ2n) is 8.24. The van der Waals surface area contributed by atoms with Gasteiger partial charge in [0.15, 0.2) is 5.76 Å². The number of benzene rings is 1. The van der Waals surface area contributed by atoms with E-state index in [2.05, 4.69) is 14.5 Å². The van der Waals surface area contributed by atoms with Crippen LogP contribution in [0.4, 0.5) is 0 Å². The highest BCUT2D eigenvalue weighted by Crippen LogP contribution is 2.38. The summed E-state index contributed by atoms with van der Waals surface area (Å²) in [5, 5.41) is 10.6. The van der Waals surface area contributed by atoms with E-state index in [0.717, 1.165) is 28.3 Å². The summed E-state index contributed by atoms with van der Waals surface area (Å²) >= 11 is 0. The molecule has 8 heteroatoms. The number of ether oxygens (including phenoxy) is 1. The van der Waals surface area contributed by atoms with E-state index < -0.39 is 11.2 Å². The van der Waals surface area contributed by atoms with E-state index in [9.17, 15) is 9.90 Å². The Hall–Kier alpha value is -4.59. The maximum absolute atomic E-state index is 12.3. The van der Waals surface area contributed by atoms with Gasteiger partial charge in [0.25, 0.3) is 0 Å². The Labute approximate surface area is 201 Å². The van der Waals surface area contributed by atoms with Crippen LogP contribution in [-0.4, -0.2) is 31.7 Å². The summed E-state index contributed by atoms with van der Waals surface area (Å²) in [6.45, 7) is 5.66. The third-order valence-corrected chi connectivity index (χ3v) is 5.90. The summed E-state index contributed by atoms with van der Waals surface area (Å²) in [6, 6.07) is 16.4. The fourth-order valence-electron chi connectivity index (χ4n) is 4.24. The van der Waals surface area contributed by atoms with Gasteiger partial charge in [0.2, 0.25) is 11.2 Å². The first-order valence-electron chi connectivity index (χ1n) is 11.1. The molecule has 4 heterocycles. The molecular weight excluding hydrogens is 444 g/mol. The first-order chi connectivity index (χ1) is 16.9. The van der Waals surface area contributed by atoms with Crippen molar-refractivity contribution in [2.45, 2.75) is 20.8 Å². The molecule has 0 unspecified atom stereocenters. The van der Waals surface area contributed by atoms with Crippen LogP contribution >= 0.6 is 0 Å². The molecule has 0 aliphatic rings. The first kappa shape index (κ1) is 22.2. The van der Waals surface area contributed by atoms with Gasteiger partial charge in [0, 0.05) is 34.8 Å². The molecule has 0 spiro atoms. The number of aromatic hydroxyl groups is 1. The summed E-state index contributed by atoms with van der Waals surface area (Å²) in [5.74, 6) is 2.03. The van der Waals surface area contributed by atoms with Gasteiger partial charge in [-0.1, -0.05) is 6.07 Å². The second kappa shape index (κ2) is 8.64. The van der Waals surface area contributed by atoms with Crippen LogP contribution in [0, 0.1) is 20.8 Å². The Kier molecular flexibility index (Phi) is 5.49. The van der Waals surface area contributed by atoms with Crippen molar-refractivity contribution >= 4 is 0 Å². The molecular formula is C27H24N4O4. The second-order valence-corrected chi connectivity index (χ2v) is 8.24. The fourth-order valence-corrected chi connectivity index (χ4v) is 4.24. The van der Waals surface area contributed by atoms with Crippen LogP contribution in [-0.2, 0) is 0 Å². The largest absolute Gasteiger partial charge is 0.501 e. The molecule has 0 atom stereocenters. The fraction of sp³-hybridized carbons (Fsp3) is 0.148. The minimum absolute atomic E-state index is 0.0399. The number of rotatable bonds is 5. The molecule has 176 valence electrons. The first-order valence-corrected chi connectivity index (χ1v) is 11.1. The predicted molar refractivity (Wildman–Crippen MR) is 133 cm³/mol. The van der Waals surface area contributed by atoms with Gasteiger partial charge in [-0.2, -0.15) is 0 Å². The van der Waals surface area contributed by atoms with Crippen LogP contribution in [0.3, 0.4) is 0 Å². The van der Waals surface area contributed by atoms with Crippen molar-refractivity contribution in [3.63, 3.8) is 0 Å².